The van der Waals surface area contributed by atoms with Gasteiger partial charge >= 0.3 is 59.1 Å². The van der Waals surface area contributed by atoms with E-state index in [0.717, 1.165) is 25.7 Å². The summed E-state index contributed by atoms with van der Waals surface area (Å²) < 4.78 is 34.1. The smallest absolute Gasteiger partial charge is 0.759 e. The fourth-order valence-electron chi connectivity index (χ4n) is 2.04. The summed E-state index contributed by atoms with van der Waals surface area (Å²) in [4.78, 5) is 11.3. The zero-order valence-electron chi connectivity index (χ0n) is 15.4. The van der Waals surface area contributed by atoms with Crippen LogP contribution < -0.4 is 59.1 Å². The monoisotopic (exact) mass is 368 g/mol. The van der Waals surface area contributed by atoms with E-state index in [9.17, 15) is 4.79 Å². The van der Waals surface area contributed by atoms with Crippen molar-refractivity contribution in [2.45, 2.75) is 90.9 Å². The van der Waals surface area contributed by atoms with Crippen molar-refractivity contribution >= 4 is 16.2 Å². The molecule has 0 bridgehead atoms. The number of unbranched alkanes of at least 4 members (excludes halogenated alkanes) is 8. The Bertz CT molecular complexity index is 327. The van der Waals surface area contributed by atoms with Gasteiger partial charge in [0.1, 0.15) is 5.78 Å². The van der Waals surface area contributed by atoms with Crippen LogP contribution in [-0.2, 0) is 15.2 Å². The van der Waals surface area contributed by atoms with Crippen LogP contribution in [0.25, 0.3) is 0 Å². The van der Waals surface area contributed by atoms with Crippen LogP contribution in [0.3, 0.4) is 0 Å². The maximum absolute atomic E-state index is 11.3. The first-order chi connectivity index (χ1) is 9.81. The van der Waals surface area contributed by atoms with Gasteiger partial charge in [-0.15, -0.1) is 0 Å². The minimum Gasteiger partial charge on any atom is -0.759 e. The minimum atomic E-state index is -5.17. The van der Waals surface area contributed by atoms with Crippen molar-refractivity contribution in [3.05, 3.63) is 0 Å². The SMILES string of the molecule is CCCCCCCCCCCC(=O)CCC.O=S(=O)([O-])[O-].[Na+].[Na+]. The summed E-state index contributed by atoms with van der Waals surface area (Å²) in [7, 11) is -5.17. The average molecular weight is 368 g/mol. The van der Waals surface area contributed by atoms with Crippen molar-refractivity contribution in [1.82, 2.24) is 0 Å². The van der Waals surface area contributed by atoms with Gasteiger partial charge in [-0.05, 0) is 12.8 Å². The van der Waals surface area contributed by atoms with Crippen molar-refractivity contribution < 1.29 is 81.4 Å². The molecule has 0 aliphatic carbocycles. The molecule has 23 heavy (non-hydrogen) atoms. The number of carbonyl (C=O) groups excluding carboxylic acids is 1. The molecule has 128 valence electrons. The molecule has 0 saturated heterocycles. The van der Waals surface area contributed by atoms with E-state index in [1.54, 1.807) is 0 Å². The summed E-state index contributed by atoms with van der Waals surface area (Å²) in [6.07, 6.45) is 14.6. The second-order valence-corrected chi connectivity index (χ2v) is 6.09. The number of Topliss-reactive ketones (excluding diaryl/α,β-unsaturated/α-hetero) is 1. The van der Waals surface area contributed by atoms with Gasteiger partial charge in [-0.1, -0.05) is 65.2 Å². The molecule has 0 saturated carbocycles. The Kier molecular flexibility index (Phi) is 33.0. The molecule has 5 nitrogen and oxygen atoms in total. The van der Waals surface area contributed by atoms with Gasteiger partial charge in [-0.25, -0.2) is 0 Å². The Morgan fingerprint density at radius 3 is 1.39 bits per heavy atom. The van der Waals surface area contributed by atoms with E-state index in [4.69, 9.17) is 17.5 Å². The predicted molar refractivity (Wildman–Crippen MR) is 82.2 cm³/mol. The van der Waals surface area contributed by atoms with Crippen molar-refractivity contribution in [1.29, 1.82) is 0 Å². The number of hydrogen-bond donors (Lipinski definition) is 0. The molecule has 0 aliphatic heterocycles. The van der Waals surface area contributed by atoms with E-state index in [2.05, 4.69) is 13.8 Å². The molecule has 0 aromatic heterocycles. The van der Waals surface area contributed by atoms with Gasteiger partial charge in [-0.3, -0.25) is 13.2 Å². The van der Waals surface area contributed by atoms with E-state index < -0.39 is 10.4 Å². The number of ketones is 1. The first kappa shape index (κ1) is 32.2. The third-order valence-corrected chi connectivity index (χ3v) is 3.09. The standard InChI is InChI=1S/C15H30O.2Na.H2O4S/c1-3-5-6-7-8-9-10-11-12-14-15(16)13-4-2;;;1-5(2,3)4/h3-14H2,1-2H3;;;(H2,1,2,3,4)/q;2*+1;/p-2. The second kappa shape index (κ2) is 23.5. The van der Waals surface area contributed by atoms with E-state index in [1.807, 2.05) is 0 Å². The summed E-state index contributed by atoms with van der Waals surface area (Å²) in [6, 6.07) is 0. The first-order valence-corrected chi connectivity index (χ1v) is 9.33. The van der Waals surface area contributed by atoms with Crippen LogP contribution in [0.5, 0.6) is 0 Å². The van der Waals surface area contributed by atoms with Crippen LogP contribution in [0.4, 0.5) is 0 Å². The van der Waals surface area contributed by atoms with Crippen molar-refractivity contribution in [2.24, 2.45) is 0 Å². The van der Waals surface area contributed by atoms with Gasteiger partial charge < -0.3 is 9.11 Å². The van der Waals surface area contributed by atoms with Gasteiger partial charge in [-0.2, -0.15) is 0 Å². The summed E-state index contributed by atoms with van der Waals surface area (Å²) in [5.74, 6) is 0.463. The molecule has 0 aromatic rings. The fourth-order valence-corrected chi connectivity index (χ4v) is 2.04. The van der Waals surface area contributed by atoms with Crippen LogP contribution in [-0.4, -0.2) is 23.3 Å². The third kappa shape index (κ3) is 45.2. The zero-order valence-corrected chi connectivity index (χ0v) is 20.3. The fraction of sp³-hybridized carbons (Fsp3) is 0.933. The molecule has 0 aliphatic rings. The van der Waals surface area contributed by atoms with Crippen LogP contribution in [0.2, 0.25) is 0 Å². The third-order valence-electron chi connectivity index (χ3n) is 3.09. The van der Waals surface area contributed by atoms with Gasteiger partial charge in [0.2, 0.25) is 0 Å². The van der Waals surface area contributed by atoms with Crippen LogP contribution >= 0.6 is 0 Å². The maximum atomic E-state index is 11.3. The van der Waals surface area contributed by atoms with E-state index in [0.29, 0.717) is 5.78 Å². The molecule has 0 amide bonds. The Hall–Kier alpha value is 1.54. The van der Waals surface area contributed by atoms with Crippen molar-refractivity contribution in [2.75, 3.05) is 0 Å². The Labute approximate surface area is 186 Å². The molecular formula is C15H30Na2O5S. The van der Waals surface area contributed by atoms with Crippen LogP contribution in [0.15, 0.2) is 0 Å². The number of rotatable bonds is 12. The molecular weight excluding hydrogens is 338 g/mol. The largest absolute Gasteiger partial charge is 1.00 e. The quantitative estimate of drug-likeness (QED) is 0.171. The normalized spacial score (nSPS) is 9.91. The van der Waals surface area contributed by atoms with E-state index >= 15 is 0 Å². The molecule has 0 spiro atoms. The number of carbonyl (C=O) groups is 1. The van der Waals surface area contributed by atoms with Gasteiger partial charge in [0.05, 0.1) is 0 Å². The molecule has 0 radical (unpaired) electrons. The van der Waals surface area contributed by atoms with Crippen LogP contribution in [0.1, 0.15) is 90.9 Å². The molecule has 0 unspecified atom stereocenters. The van der Waals surface area contributed by atoms with Gasteiger partial charge in [0.25, 0.3) is 0 Å². The maximum Gasteiger partial charge on any atom is 1.00 e. The zero-order chi connectivity index (χ0) is 16.6. The summed E-state index contributed by atoms with van der Waals surface area (Å²) in [5, 5.41) is 0. The Balaban J connectivity index is -0.000000225. The predicted octanol–water partition coefficient (Wildman–Crippen LogP) is -2.05. The summed E-state index contributed by atoms with van der Waals surface area (Å²) in [6.45, 7) is 4.33. The van der Waals surface area contributed by atoms with Crippen molar-refractivity contribution in [3.8, 4) is 0 Å². The Morgan fingerprint density at radius 1 is 0.696 bits per heavy atom. The molecule has 0 N–H and O–H groups in total. The van der Waals surface area contributed by atoms with Crippen molar-refractivity contribution in [3.63, 3.8) is 0 Å². The summed E-state index contributed by atoms with van der Waals surface area (Å²) >= 11 is 0. The molecule has 0 aromatic carbocycles. The van der Waals surface area contributed by atoms with E-state index in [1.165, 1.54) is 51.4 Å². The molecule has 0 fully saturated rings. The molecule has 0 atom stereocenters. The topological polar surface area (TPSA) is 97.3 Å². The second-order valence-electron chi connectivity index (χ2n) is 5.28. The molecule has 8 heteroatoms. The Morgan fingerprint density at radius 2 is 1.04 bits per heavy atom. The number of hydrogen-bond acceptors (Lipinski definition) is 5. The van der Waals surface area contributed by atoms with E-state index in [-0.39, 0.29) is 59.1 Å². The first-order valence-electron chi connectivity index (χ1n) is 7.99. The van der Waals surface area contributed by atoms with Crippen LogP contribution in [0, 0.1) is 0 Å². The van der Waals surface area contributed by atoms with Gasteiger partial charge in [0, 0.05) is 23.2 Å². The minimum absolute atomic E-state index is 0. The summed E-state index contributed by atoms with van der Waals surface area (Å²) in [5.41, 5.74) is 0. The van der Waals surface area contributed by atoms with Gasteiger partial charge in [0.15, 0.2) is 0 Å². The molecule has 0 heterocycles. The average Bonchev–Trinajstić information content (AvgIpc) is 2.35. The molecule has 0 rings (SSSR count).